The molecule has 0 bridgehead atoms. The van der Waals surface area contributed by atoms with Crippen LogP contribution in [-0.2, 0) is 6.18 Å². The molecule has 200 valence electrons. The van der Waals surface area contributed by atoms with Crippen LogP contribution in [0.2, 0.25) is 0 Å². The number of para-hydroxylation sites is 1. The number of nitrogens with two attached hydrogens (primary N) is 1. The quantitative estimate of drug-likeness (QED) is 0.228. The molecule has 1 heterocycles. The van der Waals surface area contributed by atoms with Gasteiger partial charge in [0.2, 0.25) is 0 Å². The van der Waals surface area contributed by atoms with Crippen LogP contribution in [0.15, 0.2) is 97.2 Å². The summed E-state index contributed by atoms with van der Waals surface area (Å²) in [6, 6.07) is 23.7. The Bertz CT molecular complexity index is 1730. The zero-order chi connectivity index (χ0) is 28.4. The van der Waals surface area contributed by atoms with Crippen molar-refractivity contribution in [3.05, 3.63) is 114 Å². The fraction of sp³-hybridized carbons (Fsp3) is 0.0645. The smallest absolute Gasteiger partial charge is 0.418 e. The summed E-state index contributed by atoms with van der Waals surface area (Å²) in [6.07, 6.45) is -4.60. The summed E-state index contributed by atoms with van der Waals surface area (Å²) < 4.78 is 52.4. The van der Waals surface area contributed by atoms with Crippen LogP contribution in [0.25, 0.3) is 33.2 Å². The Morgan fingerprint density at radius 2 is 1.52 bits per heavy atom. The van der Waals surface area contributed by atoms with Crippen molar-refractivity contribution >= 4 is 22.8 Å². The summed E-state index contributed by atoms with van der Waals surface area (Å²) in [4.78, 5) is 29.5. The van der Waals surface area contributed by atoms with Crippen LogP contribution in [-0.4, -0.2) is 24.0 Å². The minimum absolute atomic E-state index is 0.0507. The molecule has 0 fully saturated rings. The molecule has 6 nitrogen and oxygen atoms in total. The van der Waals surface area contributed by atoms with E-state index in [-0.39, 0.29) is 27.8 Å². The van der Waals surface area contributed by atoms with E-state index in [9.17, 15) is 22.8 Å². The fourth-order valence-corrected chi connectivity index (χ4v) is 4.59. The number of halogens is 3. The van der Waals surface area contributed by atoms with Gasteiger partial charge in [-0.3, -0.25) is 9.78 Å². The van der Waals surface area contributed by atoms with Crippen molar-refractivity contribution in [1.29, 1.82) is 0 Å². The fourth-order valence-electron chi connectivity index (χ4n) is 4.59. The summed E-state index contributed by atoms with van der Waals surface area (Å²) in [6.45, 7) is 0. The van der Waals surface area contributed by atoms with Crippen LogP contribution < -0.4 is 15.2 Å². The Morgan fingerprint density at radius 3 is 2.17 bits per heavy atom. The van der Waals surface area contributed by atoms with E-state index in [1.165, 1.54) is 31.4 Å². The zero-order valence-electron chi connectivity index (χ0n) is 21.0. The topological polar surface area (TPSA) is 91.5 Å². The first-order valence-electron chi connectivity index (χ1n) is 12.0. The van der Waals surface area contributed by atoms with Crippen LogP contribution in [0.1, 0.15) is 21.5 Å². The summed E-state index contributed by atoms with van der Waals surface area (Å²) in [5, 5.41) is 0.0996. The van der Waals surface area contributed by atoms with E-state index >= 15 is 0 Å². The minimum Gasteiger partial charge on any atom is -0.497 e. The first-order chi connectivity index (χ1) is 19.2. The van der Waals surface area contributed by atoms with E-state index in [1.807, 2.05) is 0 Å². The van der Waals surface area contributed by atoms with E-state index in [1.54, 1.807) is 60.7 Å². The van der Waals surface area contributed by atoms with Gasteiger partial charge in [0.05, 0.1) is 18.2 Å². The van der Waals surface area contributed by atoms with Crippen LogP contribution in [0.4, 0.5) is 18.0 Å². The second kappa shape index (κ2) is 10.5. The van der Waals surface area contributed by atoms with Crippen molar-refractivity contribution in [3.8, 4) is 33.8 Å². The number of benzene rings is 4. The van der Waals surface area contributed by atoms with E-state index in [2.05, 4.69) is 4.98 Å². The van der Waals surface area contributed by atoms with Gasteiger partial charge < -0.3 is 15.2 Å². The molecule has 1 aromatic heterocycles. The zero-order valence-corrected chi connectivity index (χ0v) is 21.0. The lowest BCUT2D eigenvalue weighted by atomic mass is 9.87. The molecule has 0 unspecified atom stereocenters. The number of carbonyl (C=O) groups is 2. The molecule has 0 atom stereocenters. The van der Waals surface area contributed by atoms with Crippen molar-refractivity contribution < 1.29 is 32.2 Å². The molecule has 0 radical (unpaired) electrons. The third-order valence-electron chi connectivity index (χ3n) is 6.36. The van der Waals surface area contributed by atoms with Gasteiger partial charge in [-0.25, -0.2) is 4.79 Å². The van der Waals surface area contributed by atoms with Gasteiger partial charge >= 0.3 is 12.3 Å². The summed E-state index contributed by atoms with van der Waals surface area (Å²) in [7, 11) is 1.53. The standard InChI is InChI=1S/C31H21F3N2O4/c1-39-20-12-10-18(11-13-20)22-15-14-21(40-30(35)38)16-24(22)27-23-8-5-9-26(31(32,33)34)28(23)36-17-25(27)29(37)19-6-3-2-4-7-19/h2-17H,1H3,(H2,35,38). The number of fused-ring (bicyclic) bond motifs is 1. The Balaban J connectivity index is 1.88. The van der Waals surface area contributed by atoms with Gasteiger partial charge in [0.25, 0.3) is 0 Å². The SMILES string of the molecule is COc1ccc(-c2ccc(OC(N)=O)cc2-c2c(C(=O)c3ccccc3)cnc3c(C(F)(F)F)cccc23)cc1. The molecule has 0 saturated heterocycles. The number of pyridine rings is 1. The largest absolute Gasteiger partial charge is 0.497 e. The van der Waals surface area contributed by atoms with Crippen molar-refractivity contribution in [1.82, 2.24) is 4.98 Å². The van der Waals surface area contributed by atoms with Crippen molar-refractivity contribution in [2.75, 3.05) is 7.11 Å². The maximum atomic E-state index is 14.0. The Morgan fingerprint density at radius 1 is 0.825 bits per heavy atom. The van der Waals surface area contributed by atoms with Gasteiger partial charge in [0, 0.05) is 28.3 Å². The van der Waals surface area contributed by atoms with Crippen molar-refractivity contribution in [3.63, 3.8) is 0 Å². The van der Waals surface area contributed by atoms with Gasteiger partial charge in [-0.05, 0) is 47.0 Å². The number of alkyl halides is 3. The van der Waals surface area contributed by atoms with E-state index < -0.39 is 23.6 Å². The average Bonchev–Trinajstić information content (AvgIpc) is 2.95. The number of ether oxygens (including phenoxy) is 2. The highest BCUT2D eigenvalue weighted by molar-refractivity contribution is 6.18. The Labute approximate surface area is 226 Å². The van der Waals surface area contributed by atoms with Gasteiger partial charge in [0.1, 0.15) is 11.5 Å². The summed E-state index contributed by atoms with van der Waals surface area (Å²) in [5.74, 6) is 0.210. The molecule has 0 aliphatic rings. The maximum absolute atomic E-state index is 14.0. The van der Waals surface area contributed by atoms with E-state index in [0.29, 0.717) is 28.0 Å². The lowest BCUT2D eigenvalue weighted by Gasteiger charge is -2.19. The van der Waals surface area contributed by atoms with Crippen LogP contribution in [0.3, 0.4) is 0 Å². The number of carbonyl (C=O) groups excluding carboxylic acids is 2. The number of hydrogen-bond acceptors (Lipinski definition) is 5. The molecule has 0 aliphatic carbocycles. The second-order valence-electron chi connectivity index (χ2n) is 8.80. The van der Waals surface area contributed by atoms with Crippen molar-refractivity contribution in [2.45, 2.75) is 6.18 Å². The third kappa shape index (κ3) is 5.09. The molecule has 0 spiro atoms. The lowest BCUT2D eigenvalue weighted by molar-refractivity contribution is -0.136. The molecule has 1 amide bonds. The number of ketones is 1. The lowest BCUT2D eigenvalue weighted by Crippen LogP contribution is -2.16. The van der Waals surface area contributed by atoms with Crippen LogP contribution in [0, 0.1) is 0 Å². The molecule has 5 aromatic rings. The maximum Gasteiger partial charge on any atom is 0.418 e. The third-order valence-corrected chi connectivity index (χ3v) is 6.36. The monoisotopic (exact) mass is 542 g/mol. The van der Waals surface area contributed by atoms with Gasteiger partial charge in [-0.1, -0.05) is 60.7 Å². The second-order valence-corrected chi connectivity index (χ2v) is 8.80. The van der Waals surface area contributed by atoms with Crippen molar-refractivity contribution in [2.24, 2.45) is 5.73 Å². The average molecular weight is 543 g/mol. The molecule has 40 heavy (non-hydrogen) atoms. The van der Waals surface area contributed by atoms with Gasteiger partial charge in [-0.2, -0.15) is 13.2 Å². The van der Waals surface area contributed by atoms with Crippen LogP contribution in [0.5, 0.6) is 11.5 Å². The molecular formula is C31H21F3N2O4. The number of amides is 1. The summed E-state index contributed by atoms with van der Waals surface area (Å²) >= 11 is 0. The number of methoxy groups -OCH3 is 1. The number of rotatable bonds is 6. The molecule has 9 heteroatoms. The highest BCUT2D eigenvalue weighted by atomic mass is 19.4. The molecule has 2 N–H and O–H groups in total. The predicted octanol–water partition coefficient (Wildman–Crippen LogP) is 7.28. The predicted molar refractivity (Wildman–Crippen MR) is 144 cm³/mol. The van der Waals surface area contributed by atoms with Gasteiger partial charge in [-0.15, -0.1) is 0 Å². The Kier molecular flexibility index (Phi) is 6.96. The Hall–Kier alpha value is -5.18. The number of nitrogens with zero attached hydrogens (tertiary/aromatic N) is 1. The van der Waals surface area contributed by atoms with Gasteiger partial charge in [0.15, 0.2) is 5.78 Å². The number of primary amides is 1. The molecule has 0 saturated carbocycles. The number of aromatic nitrogens is 1. The highest BCUT2D eigenvalue weighted by Gasteiger charge is 2.34. The van der Waals surface area contributed by atoms with E-state index in [0.717, 1.165) is 12.3 Å². The minimum atomic E-state index is -4.69. The van der Waals surface area contributed by atoms with E-state index in [4.69, 9.17) is 15.2 Å². The van der Waals surface area contributed by atoms with Crippen LogP contribution >= 0.6 is 0 Å². The highest BCUT2D eigenvalue weighted by Crippen LogP contribution is 2.43. The first-order valence-corrected chi connectivity index (χ1v) is 12.0. The normalized spacial score (nSPS) is 11.3. The molecular weight excluding hydrogens is 521 g/mol. The molecule has 4 aromatic carbocycles. The first kappa shape index (κ1) is 26.4. The molecule has 0 aliphatic heterocycles. The number of hydrogen-bond donors (Lipinski definition) is 1. The summed E-state index contributed by atoms with van der Waals surface area (Å²) in [5.41, 5.74) is 6.16. The molecule has 5 rings (SSSR count).